The molecule has 132 valence electrons. The monoisotopic (exact) mass is 376 g/mol. The molecule has 2 aromatic rings. The van der Waals surface area contributed by atoms with Crippen LogP contribution in [0, 0.1) is 0 Å². The average molecular weight is 377 g/mol. The second-order valence-corrected chi connectivity index (χ2v) is 6.65. The highest BCUT2D eigenvalue weighted by molar-refractivity contribution is 7.80. The van der Waals surface area contributed by atoms with E-state index in [0.717, 1.165) is 47.4 Å². The highest BCUT2D eigenvalue weighted by atomic mass is 35.5. The first kappa shape index (κ1) is 17.8. The molecule has 0 aromatic heterocycles. The molecule has 2 aromatic carbocycles. The van der Waals surface area contributed by atoms with E-state index in [1.807, 2.05) is 36.4 Å². The molecular formula is C19H21ClN2O2S. The van der Waals surface area contributed by atoms with E-state index in [4.69, 9.17) is 33.3 Å². The average Bonchev–Trinajstić information content (AvgIpc) is 2.67. The van der Waals surface area contributed by atoms with Gasteiger partial charge in [-0.2, -0.15) is 0 Å². The Morgan fingerprint density at radius 1 is 0.960 bits per heavy atom. The van der Waals surface area contributed by atoms with Gasteiger partial charge in [0.05, 0.1) is 14.2 Å². The van der Waals surface area contributed by atoms with E-state index >= 15 is 0 Å². The minimum Gasteiger partial charge on any atom is -0.493 e. The summed E-state index contributed by atoms with van der Waals surface area (Å²) in [6.07, 6.45) is 0. The molecule has 0 N–H and O–H groups in total. The predicted octanol–water partition coefficient (Wildman–Crippen LogP) is 3.85. The zero-order valence-electron chi connectivity index (χ0n) is 14.4. The zero-order chi connectivity index (χ0) is 17.8. The normalized spacial score (nSPS) is 14.4. The van der Waals surface area contributed by atoms with Crippen LogP contribution in [0.15, 0.2) is 42.5 Å². The van der Waals surface area contributed by atoms with Crippen molar-refractivity contribution in [3.63, 3.8) is 0 Å². The Morgan fingerprint density at radius 3 is 2.32 bits per heavy atom. The smallest absolute Gasteiger partial charge is 0.161 e. The molecule has 1 fully saturated rings. The van der Waals surface area contributed by atoms with Gasteiger partial charge in [0, 0.05) is 42.5 Å². The van der Waals surface area contributed by atoms with Crippen molar-refractivity contribution in [2.24, 2.45) is 0 Å². The van der Waals surface area contributed by atoms with E-state index in [-0.39, 0.29) is 0 Å². The predicted molar refractivity (Wildman–Crippen MR) is 106 cm³/mol. The van der Waals surface area contributed by atoms with Gasteiger partial charge < -0.3 is 19.3 Å². The van der Waals surface area contributed by atoms with Gasteiger partial charge in [0.15, 0.2) is 11.5 Å². The number of halogens is 1. The minimum absolute atomic E-state index is 0.694. The Hall–Kier alpha value is -1.98. The number of anilines is 1. The van der Waals surface area contributed by atoms with Gasteiger partial charge in [0.2, 0.25) is 0 Å². The molecule has 6 heteroatoms. The Bertz CT molecular complexity index is 761. The molecule has 0 atom stereocenters. The van der Waals surface area contributed by atoms with Gasteiger partial charge in [0.1, 0.15) is 4.99 Å². The van der Waals surface area contributed by atoms with E-state index in [2.05, 4.69) is 15.9 Å². The van der Waals surface area contributed by atoms with Crippen LogP contribution in [0.25, 0.3) is 0 Å². The summed E-state index contributed by atoms with van der Waals surface area (Å²) in [5.41, 5.74) is 2.13. The SMILES string of the molecule is COc1ccc(C(=S)N2CCN(c3cccc(Cl)c3)CC2)cc1OC. The maximum atomic E-state index is 6.10. The molecule has 0 bridgehead atoms. The van der Waals surface area contributed by atoms with E-state index in [1.54, 1.807) is 14.2 Å². The topological polar surface area (TPSA) is 24.9 Å². The fourth-order valence-electron chi connectivity index (χ4n) is 2.99. The van der Waals surface area contributed by atoms with E-state index in [9.17, 15) is 0 Å². The lowest BCUT2D eigenvalue weighted by Gasteiger charge is -2.37. The number of rotatable bonds is 4. The van der Waals surface area contributed by atoms with Crippen LogP contribution in [0.1, 0.15) is 5.56 Å². The minimum atomic E-state index is 0.694. The van der Waals surface area contributed by atoms with Crippen LogP contribution in [0.4, 0.5) is 5.69 Å². The van der Waals surface area contributed by atoms with Crippen molar-refractivity contribution < 1.29 is 9.47 Å². The van der Waals surface area contributed by atoms with Gasteiger partial charge in [-0.05, 0) is 36.4 Å². The van der Waals surface area contributed by atoms with Crippen LogP contribution in [0.3, 0.4) is 0 Å². The van der Waals surface area contributed by atoms with Crippen LogP contribution in [-0.4, -0.2) is 50.3 Å². The number of hydrogen-bond donors (Lipinski definition) is 0. The third kappa shape index (κ3) is 3.99. The third-order valence-electron chi connectivity index (χ3n) is 4.37. The van der Waals surface area contributed by atoms with Gasteiger partial charge in [-0.25, -0.2) is 0 Å². The van der Waals surface area contributed by atoms with Crippen molar-refractivity contribution in [3.05, 3.63) is 53.1 Å². The lowest BCUT2D eigenvalue weighted by molar-refractivity contribution is 0.354. The molecule has 0 unspecified atom stereocenters. The number of hydrogen-bond acceptors (Lipinski definition) is 4. The summed E-state index contributed by atoms with van der Waals surface area (Å²) in [6.45, 7) is 3.57. The number of thiocarbonyl (C=S) groups is 1. The van der Waals surface area contributed by atoms with Gasteiger partial charge in [-0.15, -0.1) is 0 Å². The molecule has 0 amide bonds. The fourth-order valence-corrected chi connectivity index (χ4v) is 3.49. The highest BCUT2D eigenvalue weighted by Gasteiger charge is 2.21. The van der Waals surface area contributed by atoms with Crippen LogP contribution < -0.4 is 14.4 Å². The maximum Gasteiger partial charge on any atom is 0.161 e. The number of methoxy groups -OCH3 is 2. The first-order valence-corrected chi connectivity index (χ1v) is 8.93. The third-order valence-corrected chi connectivity index (χ3v) is 5.10. The Labute approximate surface area is 158 Å². The summed E-state index contributed by atoms with van der Waals surface area (Å²) in [6, 6.07) is 13.8. The molecule has 1 aliphatic rings. The van der Waals surface area contributed by atoms with Crippen molar-refractivity contribution in [2.75, 3.05) is 45.3 Å². The first-order chi connectivity index (χ1) is 12.1. The molecule has 4 nitrogen and oxygen atoms in total. The van der Waals surface area contributed by atoms with Crippen molar-refractivity contribution in [1.29, 1.82) is 0 Å². The van der Waals surface area contributed by atoms with Crippen LogP contribution in [0.5, 0.6) is 11.5 Å². The summed E-state index contributed by atoms with van der Waals surface area (Å²) in [7, 11) is 3.26. The van der Waals surface area contributed by atoms with Crippen molar-refractivity contribution in [2.45, 2.75) is 0 Å². The quantitative estimate of drug-likeness (QED) is 0.755. The van der Waals surface area contributed by atoms with Gasteiger partial charge in [-0.1, -0.05) is 29.9 Å². The van der Waals surface area contributed by atoms with Gasteiger partial charge in [-0.3, -0.25) is 0 Å². The number of benzene rings is 2. The summed E-state index contributed by atoms with van der Waals surface area (Å²) in [5, 5.41) is 0.765. The lowest BCUT2D eigenvalue weighted by atomic mass is 10.1. The Morgan fingerprint density at radius 2 is 1.68 bits per heavy atom. The van der Waals surface area contributed by atoms with Crippen molar-refractivity contribution in [1.82, 2.24) is 4.90 Å². The zero-order valence-corrected chi connectivity index (χ0v) is 15.9. The summed E-state index contributed by atoms with van der Waals surface area (Å²) < 4.78 is 10.7. The molecule has 0 radical (unpaired) electrons. The molecule has 25 heavy (non-hydrogen) atoms. The molecule has 3 rings (SSSR count). The van der Waals surface area contributed by atoms with Crippen molar-refractivity contribution in [3.8, 4) is 11.5 Å². The van der Waals surface area contributed by atoms with Crippen molar-refractivity contribution >= 4 is 34.5 Å². The molecule has 1 saturated heterocycles. The Balaban J connectivity index is 1.67. The molecule has 1 aliphatic heterocycles. The van der Waals surface area contributed by atoms with Crippen LogP contribution >= 0.6 is 23.8 Å². The number of piperazine rings is 1. The largest absolute Gasteiger partial charge is 0.493 e. The van der Waals surface area contributed by atoms with E-state index in [0.29, 0.717) is 11.5 Å². The van der Waals surface area contributed by atoms with Crippen LogP contribution in [-0.2, 0) is 0 Å². The van der Waals surface area contributed by atoms with E-state index < -0.39 is 0 Å². The molecular weight excluding hydrogens is 356 g/mol. The van der Waals surface area contributed by atoms with E-state index in [1.165, 1.54) is 0 Å². The standard InChI is InChI=1S/C19H21ClN2O2S/c1-23-17-7-6-14(12-18(17)24-2)19(25)22-10-8-21(9-11-22)16-5-3-4-15(20)13-16/h3-7,12-13H,8-11H2,1-2H3. The Kier molecular flexibility index (Phi) is 5.66. The number of nitrogens with zero attached hydrogens (tertiary/aromatic N) is 2. The molecule has 0 spiro atoms. The van der Waals surface area contributed by atoms with Crippen LogP contribution in [0.2, 0.25) is 5.02 Å². The second-order valence-electron chi connectivity index (χ2n) is 5.83. The summed E-state index contributed by atoms with van der Waals surface area (Å²) >= 11 is 11.8. The summed E-state index contributed by atoms with van der Waals surface area (Å²) in [4.78, 5) is 5.41. The molecule has 1 heterocycles. The maximum absolute atomic E-state index is 6.10. The lowest BCUT2D eigenvalue weighted by Crippen LogP contribution is -2.48. The second kappa shape index (κ2) is 7.93. The molecule has 0 saturated carbocycles. The number of ether oxygens (including phenoxy) is 2. The highest BCUT2D eigenvalue weighted by Crippen LogP contribution is 2.28. The molecule has 0 aliphatic carbocycles. The van der Waals surface area contributed by atoms with Gasteiger partial charge >= 0.3 is 0 Å². The first-order valence-electron chi connectivity index (χ1n) is 8.14. The summed E-state index contributed by atoms with van der Waals surface area (Å²) in [5.74, 6) is 1.40. The van der Waals surface area contributed by atoms with Gasteiger partial charge in [0.25, 0.3) is 0 Å². The fraction of sp³-hybridized carbons (Fsp3) is 0.316.